The number of rotatable bonds is 9. The summed E-state index contributed by atoms with van der Waals surface area (Å²) in [5, 5.41) is 10.4. The third-order valence-corrected chi connectivity index (χ3v) is 5.96. The van der Waals surface area contributed by atoms with Gasteiger partial charge >= 0.3 is 0 Å². The Labute approximate surface area is 156 Å². The maximum atomic E-state index is 13.0. The van der Waals surface area contributed by atoms with Gasteiger partial charge in [0.05, 0.1) is 11.0 Å². The van der Waals surface area contributed by atoms with Gasteiger partial charge in [0.15, 0.2) is 0 Å². The van der Waals surface area contributed by atoms with Crippen molar-refractivity contribution in [2.75, 3.05) is 18.8 Å². The zero-order chi connectivity index (χ0) is 19.2. The molecule has 0 aromatic heterocycles. The molecule has 3 N–H and O–H groups in total. The van der Waals surface area contributed by atoms with Crippen molar-refractivity contribution < 1.29 is 13.5 Å². The van der Waals surface area contributed by atoms with Crippen LogP contribution in [0.25, 0.3) is 0 Å². The van der Waals surface area contributed by atoms with Gasteiger partial charge in [-0.3, -0.25) is 0 Å². The summed E-state index contributed by atoms with van der Waals surface area (Å²) in [4.78, 5) is 0.197. The molecule has 142 valence electrons. The molecule has 0 spiro atoms. The molecule has 0 bridgehead atoms. The van der Waals surface area contributed by atoms with Crippen LogP contribution in [0.1, 0.15) is 25.8 Å². The van der Waals surface area contributed by atoms with Gasteiger partial charge < -0.3 is 10.8 Å². The topological polar surface area (TPSA) is 83.6 Å². The van der Waals surface area contributed by atoms with Crippen LogP contribution in [-0.4, -0.2) is 37.0 Å². The molecular weight excluding hydrogens is 348 g/mol. The molecule has 0 saturated heterocycles. The molecule has 0 radical (unpaired) electrons. The smallest absolute Gasteiger partial charge is 0.243 e. The maximum Gasteiger partial charge on any atom is 0.243 e. The van der Waals surface area contributed by atoms with Crippen LogP contribution in [0.15, 0.2) is 59.5 Å². The minimum Gasteiger partial charge on any atom is -0.399 e. The highest BCUT2D eigenvalue weighted by Gasteiger charge is 2.27. The van der Waals surface area contributed by atoms with Crippen molar-refractivity contribution in [1.29, 1.82) is 0 Å². The van der Waals surface area contributed by atoms with E-state index in [4.69, 9.17) is 5.73 Å². The van der Waals surface area contributed by atoms with E-state index in [1.807, 2.05) is 44.2 Å². The van der Waals surface area contributed by atoms with Gasteiger partial charge in [-0.25, -0.2) is 8.42 Å². The normalized spacial score (nSPS) is 13.3. The van der Waals surface area contributed by atoms with E-state index in [0.29, 0.717) is 25.1 Å². The van der Waals surface area contributed by atoms with Gasteiger partial charge in [0.25, 0.3) is 0 Å². The molecular formula is C20H28N2O3S. The van der Waals surface area contributed by atoms with Crippen LogP contribution in [0.5, 0.6) is 0 Å². The van der Waals surface area contributed by atoms with Gasteiger partial charge in [0, 0.05) is 18.8 Å². The van der Waals surface area contributed by atoms with Crippen LogP contribution < -0.4 is 5.73 Å². The summed E-state index contributed by atoms with van der Waals surface area (Å²) in [7, 11) is -3.67. The van der Waals surface area contributed by atoms with Crippen molar-refractivity contribution >= 4 is 15.7 Å². The molecule has 0 unspecified atom stereocenters. The largest absolute Gasteiger partial charge is 0.399 e. The van der Waals surface area contributed by atoms with Gasteiger partial charge in [-0.15, -0.1) is 0 Å². The van der Waals surface area contributed by atoms with E-state index >= 15 is 0 Å². The number of nitrogens with two attached hydrogens (primary N) is 1. The van der Waals surface area contributed by atoms with Gasteiger partial charge in [-0.2, -0.15) is 4.31 Å². The number of aliphatic hydroxyl groups is 1. The van der Waals surface area contributed by atoms with E-state index in [2.05, 4.69) is 0 Å². The summed E-state index contributed by atoms with van der Waals surface area (Å²) in [6, 6.07) is 16.0. The molecule has 0 amide bonds. The number of aliphatic hydroxyl groups excluding tert-OH is 1. The van der Waals surface area contributed by atoms with Crippen molar-refractivity contribution in [3.8, 4) is 0 Å². The maximum absolute atomic E-state index is 13.0. The van der Waals surface area contributed by atoms with Gasteiger partial charge in [-0.1, -0.05) is 44.2 Å². The number of aryl methyl sites for hydroxylation is 1. The molecule has 0 heterocycles. The fraction of sp³-hybridized carbons (Fsp3) is 0.400. The highest BCUT2D eigenvalue weighted by atomic mass is 32.2. The first-order valence-corrected chi connectivity index (χ1v) is 10.3. The minimum absolute atomic E-state index is 0.0811. The van der Waals surface area contributed by atoms with Crippen LogP contribution in [0.4, 0.5) is 5.69 Å². The molecule has 26 heavy (non-hydrogen) atoms. The molecule has 0 aliphatic heterocycles. The van der Waals surface area contributed by atoms with E-state index in [9.17, 15) is 13.5 Å². The number of hydrogen-bond acceptors (Lipinski definition) is 4. The molecule has 0 aliphatic rings. The number of nitrogen functional groups attached to an aromatic ring is 1. The fourth-order valence-electron chi connectivity index (χ4n) is 2.77. The summed E-state index contributed by atoms with van der Waals surface area (Å²) < 4.78 is 27.3. The molecule has 2 aromatic carbocycles. The third-order valence-electron chi connectivity index (χ3n) is 4.11. The predicted octanol–water partition coefficient (Wildman–Crippen LogP) is 2.91. The van der Waals surface area contributed by atoms with Crippen molar-refractivity contribution in [1.82, 2.24) is 4.31 Å². The third kappa shape index (κ3) is 5.83. The first kappa shape index (κ1) is 20.4. The number of anilines is 1. The van der Waals surface area contributed by atoms with Crippen molar-refractivity contribution in [3.05, 3.63) is 60.2 Å². The summed E-state index contributed by atoms with van der Waals surface area (Å²) in [5.41, 5.74) is 7.30. The van der Waals surface area contributed by atoms with Crippen LogP contribution >= 0.6 is 0 Å². The molecule has 1 atom stereocenters. The zero-order valence-electron chi connectivity index (χ0n) is 15.4. The first-order valence-electron chi connectivity index (χ1n) is 8.86. The highest BCUT2D eigenvalue weighted by molar-refractivity contribution is 7.89. The average molecular weight is 377 g/mol. The average Bonchev–Trinajstić information content (AvgIpc) is 2.60. The molecule has 2 rings (SSSR count). The van der Waals surface area contributed by atoms with Crippen LogP contribution in [0.3, 0.4) is 0 Å². The lowest BCUT2D eigenvalue weighted by Gasteiger charge is -2.26. The van der Waals surface area contributed by atoms with Crippen molar-refractivity contribution in [2.24, 2.45) is 5.92 Å². The van der Waals surface area contributed by atoms with E-state index in [0.717, 1.165) is 5.56 Å². The van der Waals surface area contributed by atoms with E-state index in [1.54, 1.807) is 12.1 Å². The second kappa shape index (κ2) is 9.16. The molecule has 5 nitrogen and oxygen atoms in total. The first-order chi connectivity index (χ1) is 12.3. The Morgan fingerprint density at radius 1 is 1.00 bits per heavy atom. The van der Waals surface area contributed by atoms with Crippen LogP contribution in [0.2, 0.25) is 0 Å². The van der Waals surface area contributed by atoms with E-state index in [-0.39, 0.29) is 17.4 Å². The Balaban J connectivity index is 2.09. The quantitative estimate of drug-likeness (QED) is 0.659. The lowest BCUT2D eigenvalue weighted by Crippen LogP contribution is -2.40. The predicted molar refractivity (Wildman–Crippen MR) is 105 cm³/mol. The second-order valence-electron chi connectivity index (χ2n) is 6.96. The van der Waals surface area contributed by atoms with Crippen LogP contribution in [-0.2, 0) is 16.4 Å². The molecule has 6 heteroatoms. The van der Waals surface area contributed by atoms with E-state index in [1.165, 1.54) is 16.4 Å². The number of nitrogens with zero attached hydrogens (tertiary/aromatic N) is 1. The zero-order valence-corrected chi connectivity index (χ0v) is 16.2. The molecule has 0 saturated carbocycles. The van der Waals surface area contributed by atoms with Gasteiger partial charge in [0.1, 0.15) is 0 Å². The monoisotopic (exact) mass is 376 g/mol. The molecule has 2 aromatic rings. The SMILES string of the molecule is CC(C)CN(C[C@@H](O)CCc1ccccc1)S(=O)(=O)c1ccc(N)cc1. The molecule has 0 aliphatic carbocycles. The lowest BCUT2D eigenvalue weighted by atomic mass is 10.1. The Morgan fingerprint density at radius 2 is 1.62 bits per heavy atom. The summed E-state index contributed by atoms with van der Waals surface area (Å²) >= 11 is 0. The summed E-state index contributed by atoms with van der Waals surface area (Å²) in [6.45, 7) is 4.36. The Hall–Kier alpha value is -1.89. The van der Waals surface area contributed by atoms with Crippen molar-refractivity contribution in [3.63, 3.8) is 0 Å². The van der Waals surface area contributed by atoms with Gasteiger partial charge in [-0.05, 0) is 48.6 Å². The van der Waals surface area contributed by atoms with Crippen LogP contribution in [0, 0.1) is 5.92 Å². The highest BCUT2D eigenvalue weighted by Crippen LogP contribution is 2.20. The Morgan fingerprint density at radius 3 is 2.19 bits per heavy atom. The number of sulfonamides is 1. The Bertz CT molecular complexity index is 774. The Kier molecular flexibility index (Phi) is 7.20. The lowest BCUT2D eigenvalue weighted by molar-refractivity contribution is 0.133. The summed E-state index contributed by atoms with van der Waals surface area (Å²) in [5.74, 6) is 0.153. The van der Waals surface area contributed by atoms with E-state index < -0.39 is 16.1 Å². The van der Waals surface area contributed by atoms with Gasteiger partial charge in [0.2, 0.25) is 10.0 Å². The standard InChI is InChI=1S/C20H28N2O3S/c1-16(2)14-22(26(24,25)20-12-9-18(21)10-13-20)15-19(23)11-8-17-6-4-3-5-7-17/h3-7,9-10,12-13,16,19,23H,8,11,14-15,21H2,1-2H3/t19-/m0/s1. The fourth-order valence-corrected chi connectivity index (χ4v) is 4.41. The number of benzene rings is 2. The van der Waals surface area contributed by atoms with Crippen molar-refractivity contribution in [2.45, 2.75) is 37.7 Å². The summed E-state index contributed by atoms with van der Waals surface area (Å²) in [6.07, 6.45) is 0.493. The minimum atomic E-state index is -3.67. The molecule has 0 fully saturated rings. The number of hydrogen-bond donors (Lipinski definition) is 2. The second-order valence-corrected chi connectivity index (χ2v) is 8.90.